The normalized spacial score (nSPS) is 12.1. The number of aryl methyl sites for hydroxylation is 1. The molecule has 0 saturated heterocycles. The molecule has 0 fully saturated rings. The molecule has 1 rings (SSSR count). The SMILES string of the molecule is CCN(CC(C)(C)O)C(=O)C=Cc1csc(C)n1. The summed E-state index contributed by atoms with van der Waals surface area (Å²) in [4.78, 5) is 17.8. The van der Waals surface area contributed by atoms with Crippen LogP contribution in [0.3, 0.4) is 0 Å². The van der Waals surface area contributed by atoms with Crippen molar-refractivity contribution in [3.05, 3.63) is 22.2 Å². The summed E-state index contributed by atoms with van der Waals surface area (Å²) in [6, 6.07) is 0. The predicted molar refractivity (Wildman–Crippen MR) is 74.4 cm³/mol. The lowest BCUT2D eigenvalue weighted by atomic mass is 10.1. The molecule has 0 aliphatic heterocycles. The van der Waals surface area contributed by atoms with E-state index in [1.807, 2.05) is 19.2 Å². The molecule has 1 aromatic heterocycles. The molecule has 0 aliphatic carbocycles. The third-order valence-corrected chi connectivity index (χ3v) is 3.10. The van der Waals surface area contributed by atoms with Crippen molar-refractivity contribution in [1.82, 2.24) is 9.88 Å². The Kier molecular flexibility index (Phi) is 5.04. The van der Waals surface area contributed by atoms with Crippen LogP contribution in [-0.4, -0.2) is 39.6 Å². The second-order valence-electron chi connectivity index (χ2n) is 4.79. The molecular weight excluding hydrogens is 248 g/mol. The van der Waals surface area contributed by atoms with E-state index < -0.39 is 5.60 Å². The highest BCUT2D eigenvalue weighted by molar-refractivity contribution is 7.09. The van der Waals surface area contributed by atoms with Crippen molar-refractivity contribution < 1.29 is 9.90 Å². The average molecular weight is 268 g/mol. The Morgan fingerprint density at radius 3 is 2.72 bits per heavy atom. The Morgan fingerprint density at radius 2 is 2.28 bits per heavy atom. The zero-order valence-electron chi connectivity index (χ0n) is 11.3. The molecule has 0 spiro atoms. The van der Waals surface area contributed by atoms with E-state index in [4.69, 9.17) is 0 Å². The zero-order valence-corrected chi connectivity index (χ0v) is 12.1. The molecule has 0 saturated carbocycles. The zero-order chi connectivity index (χ0) is 13.8. The van der Waals surface area contributed by atoms with Crippen LogP contribution in [0.1, 0.15) is 31.5 Å². The first kappa shape index (κ1) is 14.9. The molecular formula is C13H20N2O2S. The van der Waals surface area contributed by atoms with Gasteiger partial charge in [-0.3, -0.25) is 4.79 Å². The number of carbonyl (C=O) groups excluding carboxylic acids is 1. The summed E-state index contributed by atoms with van der Waals surface area (Å²) < 4.78 is 0. The van der Waals surface area contributed by atoms with Gasteiger partial charge in [0.1, 0.15) is 0 Å². The maximum atomic E-state index is 11.9. The van der Waals surface area contributed by atoms with E-state index >= 15 is 0 Å². The van der Waals surface area contributed by atoms with Crippen LogP contribution in [0.2, 0.25) is 0 Å². The second kappa shape index (κ2) is 6.11. The fourth-order valence-corrected chi connectivity index (χ4v) is 2.11. The van der Waals surface area contributed by atoms with Crippen LogP contribution in [-0.2, 0) is 4.79 Å². The highest BCUT2D eigenvalue weighted by Gasteiger charge is 2.19. The minimum absolute atomic E-state index is 0.106. The van der Waals surface area contributed by atoms with Gasteiger partial charge in [0.05, 0.1) is 16.3 Å². The Morgan fingerprint density at radius 1 is 1.61 bits per heavy atom. The molecule has 5 heteroatoms. The van der Waals surface area contributed by atoms with Crippen LogP contribution >= 0.6 is 11.3 Å². The van der Waals surface area contributed by atoms with Crippen LogP contribution in [0.15, 0.2) is 11.5 Å². The van der Waals surface area contributed by atoms with Crippen LogP contribution < -0.4 is 0 Å². The second-order valence-corrected chi connectivity index (χ2v) is 5.85. The molecule has 0 unspecified atom stereocenters. The first-order chi connectivity index (χ1) is 8.31. The summed E-state index contributed by atoms with van der Waals surface area (Å²) in [6.45, 7) is 8.10. The van der Waals surface area contributed by atoms with Crippen LogP contribution in [0.25, 0.3) is 6.08 Å². The van der Waals surface area contributed by atoms with Crippen molar-refractivity contribution in [3.8, 4) is 0 Å². The van der Waals surface area contributed by atoms with Crippen molar-refractivity contribution in [1.29, 1.82) is 0 Å². The molecule has 1 amide bonds. The molecule has 100 valence electrons. The number of aromatic nitrogens is 1. The topological polar surface area (TPSA) is 53.4 Å². The van der Waals surface area contributed by atoms with Crippen LogP contribution in [0, 0.1) is 6.92 Å². The molecule has 1 heterocycles. The van der Waals surface area contributed by atoms with E-state index in [0.717, 1.165) is 10.7 Å². The summed E-state index contributed by atoms with van der Waals surface area (Å²) in [6.07, 6.45) is 3.21. The number of rotatable bonds is 5. The van der Waals surface area contributed by atoms with E-state index in [-0.39, 0.29) is 5.91 Å². The van der Waals surface area contributed by atoms with Crippen molar-refractivity contribution >= 4 is 23.3 Å². The quantitative estimate of drug-likeness (QED) is 0.832. The number of nitrogens with zero attached hydrogens (tertiary/aromatic N) is 2. The molecule has 0 bridgehead atoms. The van der Waals surface area contributed by atoms with Gasteiger partial charge >= 0.3 is 0 Å². The van der Waals surface area contributed by atoms with Gasteiger partial charge in [-0.2, -0.15) is 0 Å². The maximum Gasteiger partial charge on any atom is 0.246 e. The van der Waals surface area contributed by atoms with E-state index in [0.29, 0.717) is 13.1 Å². The maximum absolute atomic E-state index is 11.9. The van der Waals surface area contributed by atoms with Crippen molar-refractivity contribution in [2.75, 3.05) is 13.1 Å². The highest BCUT2D eigenvalue weighted by Crippen LogP contribution is 2.10. The van der Waals surface area contributed by atoms with E-state index in [1.165, 1.54) is 6.08 Å². The Hall–Kier alpha value is -1.20. The van der Waals surface area contributed by atoms with Gasteiger partial charge in [0, 0.05) is 24.5 Å². The summed E-state index contributed by atoms with van der Waals surface area (Å²) in [5.41, 5.74) is -0.0818. The molecule has 4 nitrogen and oxygen atoms in total. The number of likely N-dealkylation sites (N-methyl/N-ethyl adjacent to an activating group) is 1. The van der Waals surface area contributed by atoms with Crippen molar-refractivity contribution in [2.24, 2.45) is 0 Å². The van der Waals surface area contributed by atoms with Gasteiger partial charge in [-0.25, -0.2) is 4.98 Å². The van der Waals surface area contributed by atoms with Crippen LogP contribution in [0.4, 0.5) is 0 Å². The molecule has 0 radical (unpaired) electrons. The minimum Gasteiger partial charge on any atom is -0.389 e. The van der Waals surface area contributed by atoms with Gasteiger partial charge in [-0.15, -0.1) is 11.3 Å². The van der Waals surface area contributed by atoms with Gasteiger partial charge in [0.2, 0.25) is 5.91 Å². The summed E-state index contributed by atoms with van der Waals surface area (Å²) in [7, 11) is 0. The Balaban J connectivity index is 2.65. The Bertz CT molecular complexity index is 432. The van der Waals surface area contributed by atoms with E-state index in [1.54, 1.807) is 36.2 Å². The molecule has 1 N–H and O–H groups in total. The van der Waals surface area contributed by atoms with Crippen molar-refractivity contribution in [2.45, 2.75) is 33.3 Å². The summed E-state index contributed by atoms with van der Waals surface area (Å²) >= 11 is 1.55. The molecule has 0 aromatic carbocycles. The fourth-order valence-electron chi connectivity index (χ4n) is 1.53. The third-order valence-electron chi connectivity index (χ3n) is 2.30. The minimum atomic E-state index is -0.878. The molecule has 18 heavy (non-hydrogen) atoms. The number of hydrogen-bond acceptors (Lipinski definition) is 4. The van der Waals surface area contributed by atoms with Gasteiger partial charge in [-0.05, 0) is 33.8 Å². The van der Waals surface area contributed by atoms with Gasteiger partial charge in [0.25, 0.3) is 0 Å². The highest BCUT2D eigenvalue weighted by atomic mass is 32.1. The van der Waals surface area contributed by atoms with Gasteiger partial charge in [0.15, 0.2) is 0 Å². The predicted octanol–water partition coefficient (Wildman–Crippen LogP) is 2.08. The number of thiazole rings is 1. The fraction of sp³-hybridized carbons (Fsp3) is 0.538. The summed E-state index contributed by atoms with van der Waals surface area (Å²) in [5, 5.41) is 12.6. The smallest absolute Gasteiger partial charge is 0.246 e. The standard InChI is InChI=1S/C13H20N2O2S/c1-5-15(9-13(3,4)17)12(16)7-6-11-8-18-10(2)14-11/h6-8,17H,5,9H2,1-4H3. The molecule has 0 aliphatic rings. The van der Waals surface area contributed by atoms with Gasteiger partial charge in [-0.1, -0.05) is 0 Å². The monoisotopic (exact) mass is 268 g/mol. The summed E-state index contributed by atoms with van der Waals surface area (Å²) in [5.74, 6) is -0.106. The lowest BCUT2D eigenvalue weighted by molar-refractivity contribution is -0.128. The lowest BCUT2D eigenvalue weighted by Crippen LogP contribution is -2.41. The molecule has 1 aromatic rings. The largest absolute Gasteiger partial charge is 0.389 e. The average Bonchev–Trinajstić information content (AvgIpc) is 2.67. The lowest BCUT2D eigenvalue weighted by Gasteiger charge is -2.27. The van der Waals surface area contributed by atoms with E-state index in [2.05, 4.69) is 4.98 Å². The molecule has 0 atom stereocenters. The van der Waals surface area contributed by atoms with Crippen molar-refractivity contribution in [3.63, 3.8) is 0 Å². The number of carbonyl (C=O) groups is 1. The number of amides is 1. The van der Waals surface area contributed by atoms with Gasteiger partial charge < -0.3 is 10.0 Å². The van der Waals surface area contributed by atoms with Crippen LogP contribution in [0.5, 0.6) is 0 Å². The third kappa shape index (κ3) is 4.98. The number of hydrogen-bond donors (Lipinski definition) is 1. The Labute approximate surface area is 112 Å². The first-order valence-electron chi connectivity index (χ1n) is 5.93. The van der Waals surface area contributed by atoms with E-state index in [9.17, 15) is 9.90 Å². The number of aliphatic hydroxyl groups is 1. The first-order valence-corrected chi connectivity index (χ1v) is 6.81.